The summed E-state index contributed by atoms with van der Waals surface area (Å²) in [5, 5.41) is 0. The molecule has 1 saturated carbocycles. The highest BCUT2D eigenvalue weighted by molar-refractivity contribution is 6.04. The van der Waals surface area contributed by atoms with Crippen LogP contribution in [0.3, 0.4) is 0 Å². The van der Waals surface area contributed by atoms with Gasteiger partial charge in [0.05, 0.1) is 5.69 Å². The summed E-state index contributed by atoms with van der Waals surface area (Å²) in [4.78, 5) is 41.3. The van der Waals surface area contributed by atoms with Gasteiger partial charge in [-0.2, -0.15) is 0 Å². The smallest absolute Gasteiger partial charge is 0.265 e. The molecule has 1 heterocycles. The van der Waals surface area contributed by atoms with Crippen molar-refractivity contribution in [3.05, 3.63) is 53.8 Å². The number of amides is 2. The summed E-state index contributed by atoms with van der Waals surface area (Å²) >= 11 is 0. The minimum atomic E-state index is -0.554. The quantitative estimate of drug-likeness (QED) is 0.598. The van der Waals surface area contributed by atoms with Crippen molar-refractivity contribution < 1.29 is 28.2 Å². The van der Waals surface area contributed by atoms with Crippen molar-refractivity contribution >= 4 is 23.3 Å². The van der Waals surface area contributed by atoms with Gasteiger partial charge >= 0.3 is 0 Å². The Kier molecular flexibility index (Phi) is 6.91. The molecule has 7 nitrogen and oxygen atoms in total. The molecule has 2 aromatic carbocycles. The van der Waals surface area contributed by atoms with E-state index in [1.807, 2.05) is 0 Å². The van der Waals surface area contributed by atoms with Gasteiger partial charge in [0.2, 0.25) is 5.91 Å². The minimum Gasteiger partial charge on any atom is -0.482 e. The fraction of sp³-hybridized carbons (Fsp3) is 0.400. The number of ether oxygens (including phenoxy) is 2. The molecule has 1 aliphatic carbocycles. The zero-order valence-electron chi connectivity index (χ0n) is 18.6. The van der Waals surface area contributed by atoms with Gasteiger partial charge in [-0.1, -0.05) is 31.4 Å². The number of nitrogens with zero attached hydrogens (tertiary/aromatic N) is 2. The molecular weight excluding hydrogens is 427 g/mol. The summed E-state index contributed by atoms with van der Waals surface area (Å²) in [5.41, 5.74) is 0.648. The number of anilines is 1. The van der Waals surface area contributed by atoms with Crippen molar-refractivity contribution in [2.75, 3.05) is 31.7 Å². The fourth-order valence-electron chi connectivity index (χ4n) is 4.26. The summed E-state index contributed by atoms with van der Waals surface area (Å²) in [6.45, 7) is -0.652. The van der Waals surface area contributed by atoms with Gasteiger partial charge < -0.3 is 14.4 Å². The second-order valence-corrected chi connectivity index (χ2v) is 8.39. The first-order chi connectivity index (χ1) is 15.9. The van der Waals surface area contributed by atoms with Crippen molar-refractivity contribution in [2.45, 2.75) is 38.1 Å². The molecule has 4 rings (SSSR count). The van der Waals surface area contributed by atoms with E-state index in [1.54, 1.807) is 30.1 Å². The molecule has 0 radical (unpaired) electrons. The first kappa shape index (κ1) is 22.8. The Balaban J connectivity index is 1.48. The molecule has 0 N–H and O–H groups in total. The lowest BCUT2D eigenvalue weighted by atomic mass is 9.94. The standard InChI is InChI=1S/C25H27FN2O5/c1-27(18-7-3-2-4-8-18)24(30)14-28-20-13-17(11-12-23(20)33-16-25(28)31)21(29)15-32-22-10-6-5-9-19(22)26/h5-6,9-13,18H,2-4,7-8,14-16H2,1H3. The number of Topliss-reactive ketones (excluding diaryl/α,β-unsaturated/α-hetero) is 1. The minimum absolute atomic E-state index is 0.0136. The summed E-state index contributed by atoms with van der Waals surface area (Å²) in [6, 6.07) is 10.7. The normalized spacial score (nSPS) is 16.1. The first-order valence-electron chi connectivity index (χ1n) is 11.2. The molecule has 33 heavy (non-hydrogen) atoms. The van der Waals surface area contributed by atoms with Crippen LogP contribution in [0, 0.1) is 5.82 Å². The van der Waals surface area contributed by atoms with Gasteiger partial charge in [-0.05, 0) is 43.2 Å². The number of para-hydroxylation sites is 1. The maximum absolute atomic E-state index is 13.8. The first-order valence-corrected chi connectivity index (χ1v) is 11.2. The van der Waals surface area contributed by atoms with E-state index in [9.17, 15) is 18.8 Å². The van der Waals surface area contributed by atoms with E-state index in [-0.39, 0.29) is 54.7 Å². The Bertz CT molecular complexity index is 1050. The van der Waals surface area contributed by atoms with Crippen LogP contribution in [0.25, 0.3) is 0 Å². The molecule has 174 valence electrons. The van der Waals surface area contributed by atoms with Crippen molar-refractivity contribution in [2.24, 2.45) is 0 Å². The number of likely N-dealkylation sites (N-methyl/N-ethyl adjacent to an activating group) is 1. The number of hydrogen-bond donors (Lipinski definition) is 0. The predicted octanol–water partition coefficient (Wildman–Crippen LogP) is 3.60. The SMILES string of the molecule is CN(C(=O)CN1C(=O)COc2ccc(C(=O)COc3ccccc3F)cc21)C1CCCCC1. The Labute approximate surface area is 192 Å². The summed E-state index contributed by atoms with van der Waals surface area (Å²) in [6.07, 6.45) is 5.32. The molecule has 2 aliphatic rings. The predicted molar refractivity (Wildman–Crippen MR) is 120 cm³/mol. The van der Waals surface area contributed by atoms with E-state index < -0.39 is 5.82 Å². The van der Waals surface area contributed by atoms with Gasteiger partial charge in [0.1, 0.15) is 12.3 Å². The Morgan fingerprint density at radius 1 is 1.15 bits per heavy atom. The van der Waals surface area contributed by atoms with E-state index in [0.29, 0.717) is 11.4 Å². The van der Waals surface area contributed by atoms with Crippen LogP contribution in [0.1, 0.15) is 42.5 Å². The van der Waals surface area contributed by atoms with Gasteiger partial charge in [0, 0.05) is 18.7 Å². The van der Waals surface area contributed by atoms with Crippen molar-refractivity contribution in [1.29, 1.82) is 0 Å². The molecule has 0 bridgehead atoms. The van der Waals surface area contributed by atoms with Crippen LogP contribution in [0.15, 0.2) is 42.5 Å². The van der Waals surface area contributed by atoms with Gasteiger partial charge in [-0.15, -0.1) is 0 Å². The number of halogens is 1. The monoisotopic (exact) mass is 454 g/mol. The number of benzene rings is 2. The zero-order valence-corrected chi connectivity index (χ0v) is 18.6. The molecule has 0 atom stereocenters. The molecule has 2 aromatic rings. The largest absolute Gasteiger partial charge is 0.482 e. The molecule has 2 amide bonds. The highest BCUT2D eigenvalue weighted by Crippen LogP contribution is 2.33. The van der Waals surface area contributed by atoms with Crippen LogP contribution in [0.5, 0.6) is 11.5 Å². The van der Waals surface area contributed by atoms with Crippen LogP contribution in [0.2, 0.25) is 0 Å². The summed E-state index contributed by atoms with van der Waals surface area (Å²) < 4.78 is 24.6. The van der Waals surface area contributed by atoms with Crippen LogP contribution >= 0.6 is 0 Å². The van der Waals surface area contributed by atoms with Crippen LogP contribution < -0.4 is 14.4 Å². The third-order valence-electron chi connectivity index (χ3n) is 6.23. The third-order valence-corrected chi connectivity index (χ3v) is 6.23. The second-order valence-electron chi connectivity index (χ2n) is 8.39. The number of carbonyl (C=O) groups is 3. The van der Waals surface area contributed by atoms with E-state index >= 15 is 0 Å². The molecule has 0 unspecified atom stereocenters. The zero-order chi connectivity index (χ0) is 23.4. The van der Waals surface area contributed by atoms with E-state index in [4.69, 9.17) is 9.47 Å². The van der Waals surface area contributed by atoms with Gasteiger partial charge in [0.25, 0.3) is 5.91 Å². The lowest BCUT2D eigenvalue weighted by Gasteiger charge is -2.34. The number of rotatable bonds is 7. The van der Waals surface area contributed by atoms with Gasteiger partial charge in [-0.3, -0.25) is 19.3 Å². The average Bonchev–Trinajstić information content (AvgIpc) is 2.84. The lowest BCUT2D eigenvalue weighted by Crippen LogP contribution is -2.48. The third kappa shape index (κ3) is 5.16. The molecule has 0 saturated heterocycles. The lowest BCUT2D eigenvalue weighted by molar-refractivity contribution is -0.133. The van der Waals surface area contributed by atoms with Crippen molar-refractivity contribution in [3.8, 4) is 11.5 Å². The van der Waals surface area contributed by atoms with E-state index in [2.05, 4.69) is 0 Å². The van der Waals surface area contributed by atoms with E-state index in [0.717, 1.165) is 25.7 Å². The Morgan fingerprint density at radius 2 is 1.91 bits per heavy atom. The highest BCUT2D eigenvalue weighted by atomic mass is 19.1. The fourth-order valence-corrected chi connectivity index (χ4v) is 4.26. The summed E-state index contributed by atoms with van der Waals surface area (Å²) in [5.74, 6) is -1.02. The average molecular weight is 454 g/mol. The molecule has 0 aromatic heterocycles. The number of carbonyl (C=O) groups excluding carboxylic acids is 3. The molecular formula is C25H27FN2O5. The Hall–Kier alpha value is -3.42. The van der Waals surface area contributed by atoms with E-state index in [1.165, 1.54) is 35.6 Å². The van der Waals surface area contributed by atoms with Crippen molar-refractivity contribution in [1.82, 2.24) is 4.90 Å². The van der Waals surface area contributed by atoms with Crippen LogP contribution in [-0.4, -0.2) is 55.3 Å². The topological polar surface area (TPSA) is 76.2 Å². The van der Waals surface area contributed by atoms with Gasteiger partial charge in [0.15, 0.2) is 30.6 Å². The maximum Gasteiger partial charge on any atom is 0.265 e. The Morgan fingerprint density at radius 3 is 2.67 bits per heavy atom. The number of ketones is 1. The van der Waals surface area contributed by atoms with Crippen LogP contribution in [-0.2, 0) is 9.59 Å². The number of hydrogen-bond acceptors (Lipinski definition) is 5. The molecule has 0 spiro atoms. The number of fused-ring (bicyclic) bond motifs is 1. The molecule has 8 heteroatoms. The maximum atomic E-state index is 13.8. The highest BCUT2D eigenvalue weighted by Gasteiger charge is 2.31. The van der Waals surface area contributed by atoms with Crippen LogP contribution in [0.4, 0.5) is 10.1 Å². The van der Waals surface area contributed by atoms with Gasteiger partial charge in [-0.25, -0.2) is 4.39 Å². The molecule has 1 aliphatic heterocycles. The second kappa shape index (κ2) is 10.0. The summed E-state index contributed by atoms with van der Waals surface area (Å²) in [7, 11) is 1.78. The molecule has 1 fully saturated rings. The van der Waals surface area contributed by atoms with Crippen molar-refractivity contribution in [3.63, 3.8) is 0 Å².